The van der Waals surface area contributed by atoms with Crippen LogP contribution in [0.4, 0.5) is 34.1 Å². The summed E-state index contributed by atoms with van der Waals surface area (Å²) in [5.41, 5.74) is 27.0. The minimum Gasteiger partial charge on any atom is -0.311 e. The van der Waals surface area contributed by atoms with Crippen LogP contribution in [0.2, 0.25) is 0 Å². The predicted octanol–water partition coefficient (Wildman–Crippen LogP) is 19.8. The van der Waals surface area contributed by atoms with Crippen LogP contribution in [0.25, 0.3) is 118 Å². The summed E-state index contributed by atoms with van der Waals surface area (Å²) in [5, 5.41) is 2.30. The van der Waals surface area contributed by atoms with Crippen LogP contribution in [0.3, 0.4) is 0 Å². The number of para-hydroxylation sites is 5. The van der Waals surface area contributed by atoms with Crippen LogP contribution in [0.15, 0.2) is 340 Å². The van der Waals surface area contributed by atoms with Gasteiger partial charge in [0.15, 0.2) is 11.6 Å². The summed E-state index contributed by atoms with van der Waals surface area (Å²) in [6.45, 7) is -0.0408. The van der Waals surface area contributed by atoms with Crippen LogP contribution in [-0.4, -0.2) is 31.2 Å². The van der Waals surface area contributed by atoms with Crippen molar-refractivity contribution >= 4 is 79.0 Å². The van der Waals surface area contributed by atoms with Gasteiger partial charge in [-0.3, -0.25) is 0 Å². The molecular weight excluding hydrogens is 1140 g/mol. The summed E-state index contributed by atoms with van der Waals surface area (Å²) in [4.78, 5) is 27.0. The van der Waals surface area contributed by atoms with E-state index < -0.39 is 0 Å². The number of benzene rings is 13. The van der Waals surface area contributed by atoms with Gasteiger partial charge in [-0.1, -0.05) is 249 Å². The molecule has 0 bridgehead atoms. The molecule has 0 amide bonds. The highest BCUT2D eigenvalue weighted by atomic mass is 15.2. The molecule has 0 saturated heterocycles. The maximum absolute atomic E-state index is 5.81. The Morgan fingerprint density at radius 2 is 0.702 bits per heavy atom. The third kappa shape index (κ3) is 9.30. The molecule has 16 aromatic rings. The first-order valence-electron chi connectivity index (χ1n) is 32.0. The van der Waals surface area contributed by atoms with E-state index in [1.165, 1.54) is 22.1 Å². The molecule has 8 heteroatoms. The molecule has 2 aliphatic heterocycles. The molecule has 94 heavy (non-hydrogen) atoms. The zero-order valence-corrected chi connectivity index (χ0v) is 51.0. The second-order valence-corrected chi connectivity index (χ2v) is 24.1. The Bertz CT molecular complexity index is 5500. The number of fused-ring (bicyclic) bond motifs is 7. The molecule has 0 spiro atoms. The van der Waals surface area contributed by atoms with Gasteiger partial charge < -0.3 is 14.4 Å². The van der Waals surface area contributed by atoms with E-state index in [2.05, 4.69) is 330 Å². The summed E-state index contributed by atoms with van der Waals surface area (Å²) in [7, 11) is 0. The lowest BCUT2D eigenvalue weighted by molar-refractivity contribution is 1.13. The van der Waals surface area contributed by atoms with E-state index >= 15 is 0 Å². The first-order chi connectivity index (χ1) is 46.6. The molecule has 18 rings (SSSR count). The Labute approximate surface area is 545 Å². The average Bonchev–Trinajstić information content (AvgIpc) is 0.781. The Hall–Kier alpha value is -12.5. The molecule has 0 unspecified atom stereocenters. The quantitative estimate of drug-likeness (QED) is 0.120. The Morgan fingerprint density at radius 1 is 0.245 bits per heavy atom. The van der Waals surface area contributed by atoms with E-state index in [0.29, 0.717) is 11.6 Å². The molecule has 0 radical (unpaired) electrons. The van der Waals surface area contributed by atoms with Crippen molar-refractivity contribution in [1.29, 1.82) is 0 Å². The van der Waals surface area contributed by atoms with Gasteiger partial charge in [0, 0.05) is 78.2 Å². The van der Waals surface area contributed by atoms with E-state index in [-0.39, 0.29) is 6.71 Å². The van der Waals surface area contributed by atoms with Crippen LogP contribution in [0.1, 0.15) is 0 Å². The second-order valence-electron chi connectivity index (χ2n) is 24.1. The van der Waals surface area contributed by atoms with Crippen molar-refractivity contribution in [2.75, 3.05) is 9.80 Å². The lowest BCUT2D eigenvalue weighted by Crippen LogP contribution is -2.61. The van der Waals surface area contributed by atoms with Crippen molar-refractivity contribution in [2.45, 2.75) is 0 Å². The van der Waals surface area contributed by atoms with Crippen LogP contribution >= 0.6 is 0 Å². The summed E-state index contributed by atoms with van der Waals surface area (Å²) < 4.78 is 2.39. The molecule has 0 fully saturated rings. The first-order valence-corrected chi connectivity index (χ1v) is 32.0. The van der Waals surface area contributed by atoms with E-state index in [9.17, 15) is 0 Å². The number of hydrogen-bond acceptors (Lipinski definition) is 6. The summed E-state index contributed by atoms with van der Waals surface area (Å²) in [6.07, 6.45) is 0. The van der Waals surface area contributed by atoms with E-state index in [1.807, 2.05) is 24.3 Å². The third-order valence-electron chi connectivity index (χ3n) is 18.6. The highest BCUT2D eigenvalue weighted by Gasteiger charge is 2.44. The van der Waals surface area contributed by atoms with Crippen molar-refractivity contribution in [3.63, 3.8) is 0 Å². The van der Waals surface area contributed by atoms with Gasteiger partial charge in [0.05, 0.1) is 45.2 Å². The molecular formula is C86H56BN7. The van der Waals surface area contributed by atoms with E-state index in [1.54, 1.807) is 0 Å². The SMILES string of the molecule is c1ccc(-c2ccc3c(c2)c2ccccc2n3-c2ccc(-c3cc(-c4ccccc4)nc(-c4ccccc4)n3)cc2-c2nc(-c3ccccc3)cc(-c3cccc(-c4ccc5c6c4N(c4ccccc4)c4ccccc4B6c4ccccc4N5c4ccccc4)c3)n2)cc1. The lowest BCUT2D eigenvalue weighted by Gasteiger charge is -2.45. The predicted molar refractivity (Wildman–Crippen MR) is 389 cm³/mol. The fraction of sp³-hybridized carbons (Fsp3) is 0. The number of anilines is 6. The summed E-state index contributed by atoms with van der Waals surface area (Å²) in [6, 6.07) is 121. The lowest BCUT2D eigenvalue weighted by atomic mass is 9.33. The largest absolute Gasteiger partial charge is 0.311 e. The summed E-state index contributed by atoms with van der Waals surface area (Å²) in [5.74, 6) is 1.21. The average molecular weight is 1200 g/mol. The molecule has 438 valence electrons. The minimum absolute atomic E-state index is 0.0408. The number of hydrogen-bond donors (Lipinski definition) is 0. The normalized spacial score (nSPS) is 12.2. The Morgan fingerprint density at radius 3 is 1.34 bits per heavy atom. The molecule has 0 atom stereocenters. The van der Waals surface area contributed by atoms with Crippen LogP contribution in [0, 0.1) is 0 Å². The van der Waals surface area contributed by atoms with Crippen molar-refractivity contribution < 1.29 is 0 Å². The molecule has 7 nitrogen and oxygen atoms in total. The van der Waals surface area contributed by atoms with Gasteiger partial charge in [0.25, 0.3) is 6.71 Å². The third-order valence-corrected chi connectivity index (χ3v) is 18.6. The molecule has 0 aliphatic carbocycles. The minimum atomic E-state index is -0.0408. The van der Waals surface area contributed by atoms with Crippen molar-refractivity contribution in [3.8, 4) is 95.7 Å². The van der Waals surface area contributed by atoms with Gasteiger partial charge in [-0.25, -0.2) is 19.9 Å². The molecule has 2 aliphatic rings. The van der Waals surface area contributed by atoms with Crippen LogP contribution in [-0.2, 0) is 0 Å². The molecule has 3 aromatic heterocycles. The van der Waals surface area contributed by atoms with Crippen LogP contribution < -0.4 is 26.2 Å². The fourth-order valence-electron chi connectivity index (χ4n) is 14.3. The van der Waals surface area contributed by atoms with Crippen molar-refractivity contribution in [2.24, 2.45) is 0 Å². The Kier molecular flexibility index (Phi) is 13.2. The van der Waals surface area contributed by atoms with Gasteiger partial charge in [-0.15, -0.1) is 0 Å². The monoisotopic (exact) mass is 1200 g/mol. The van der Waals surface area contributed by atoms with Crippen molar-refractivity contribution in [3.05, 3.63) is 340 Å². The van der Waals surface area contributed by atoms with E-state index in [0.717, 1.165) is 134 Å². The fourth-order valence-corrected chi connectivity index (χ4v) is 14.3. The van der Waals surface area contributed by atoms with Crippen LogP contribution in [0.5, 0.6) is 0 Å². The molecule has 0 N–H and O–H groups in total. The zero-order valence-electron chi connectivity index (χ0n) is 51.0. The Balaban J connectivity index is 0.872. The van der Waals surface area contributed by atoms with Gasteiger partial charge in [0.2, 0.25) is 0 Å². The molecule has 0 saturated carbocycles. The standard InChI is InChI=1S/C86H56BN7/c1-7-26-57(27-8-1)61-46-49-78-69(53-61)68-40-19-22-43-77(68)94(78)79-50-47-64(76-55-73(58-28-9-2-10-29-58)88-85(89-76)60-32-13-4-14-33-60)54-70(79)86-90-74(59-30-11-3-12-31-59)56-75(91-86)63-35-25-34-62(52-63)67-48-51-82-83-84(67)93(66-38-17-6-18-39-66)81-45-24-21-42-72(81)87(83)71-41-20-23-44-80(71)92(82)65-36-15-5-16-37-65/h1-56H. The number of nitrogens with zero attached hydrogens (tertiary/aromatic N) is 7. The van der Waals surface area contributed by atoms with Gasteiger partial charge in [-0.05, 0) is 124 Å². The molecule has 5 heterocycles. The summed E-state index contributed by atoms with van der Waals surface area (Å²) >= 11 is 0. The molecule has 13 aromatic carbocycles. The topological polar surface area (TPSA) is 63.0 Å². The zero-order chi connectivity index (χ0) is 62.1. The number of aromatic nitrogens is 5. The van der Waals surface area contributed by atoms with Crippen molar-refractivity contribution in [1.82, 2.24) is 24.5 Å². The maximum Gasteiger partial charge on any atom is 0.252 e. The van der Waals surface area contributed by atoms with Gasteiger partial charge in [0.1, 0.15) is 0 Å². The van der Waals surface area contributed by atoms with E-state index in [4.69, 9.17) is 19.9 Å². The van der Waals surface area contributed by atoms with Gasteiger partial charge >= 0.3 is 0 Å². The maximum atomic E-state index is 5.81. The second kappa shape index (κ2) is 22.8. The first kappa shape index (κ1) is 54.4. The van der Waals surface area contributed by atoms with Gasteiger partial charge in [-0.2, -0.15) is 0 Å². The highest BCUT2D eigenvalue weighted by molar-refractivity contribution is 7.00. The number of rotatable bonds is 11. The highest BCUT2D eigenvalue weighted by Crippen LogP contribution is 2.49. The smallest absolute Gasteiger partial charge is 0.252 e.